The summed E-state index contributed by atoms with van der Waals surface area (Å²) in [5, 5.41) is 0. The van der Waals surface area contributed by atoms with Crippen LogP contribution < -0.4 is 0 Å². The zero-order valence-electron chi connectivity index (χ0n) is 10.8. The van der Waals surface area contributed by atoms with Gasteiger partial charge in [0.2, 0.25) is 0 Å². The Morgan fingerprint density at radius 3 is 2.71 bits per heavy atom. The van der Waals surface area contributed by atoms with Gasteiger partial charge in [0.25, 0.3) is 6.08 Å². The second kappa shape index (κ2) is 4.65. The minimum atomic E-state index is -1.50. The van der Waals surface area contributed by atoms with E-state index < -0.39 is 6.08 Å². The van der Waals surface area contributed by atoms with Crippen LogP contribution in [0.15, 0.2) is 11.7 Å². The monoisotopic (exact) mass is 245 g/mol. The molecule has 2 unspecified atom stereocenters. The Hall–Kier alpha value is -0.480. The summed E-state index contributed by atoms with van der Waals surface area (Å²) in [5.41, 5.74) is 0.0446. The molecule has 2 saturated heterocycles. The van der Waals surface area contributed by atoms with Gasteiger partial charge in [-0.2, -0.15) is 8.78 Å². The number of nitrogens with zero attached hydrogens (tertiary/aromatic N) is 1. The Bertz CT molecular complexity index is 318. The lowest BCUT2D eigenvalue weighted by Gasteiger charge is -2.25. The van der Waals surface area contributed by atoms with Crippen molar-refractivity contribution in [2.24, 2.45) is 5.92 Å². The average Bonchev–Trinajstić information content (AvgIpc) is 2.71. The number of hydrogen-bond acceptors (Lipinski definition) is 2. The first-order chi connectivity index (χ1) is 7.88. The van der Waals surface area contributed by atoms with Crippen LogP contribution in [0.3, 0.4) is 0 Å². The van der Waals surface area contributed by atoms with Gasteiger partial charge in [0, 0.05) is 24.1 Å². The molecule has 0 aromatic carbocycles. The largest absolute Gasteiger partial charge is 0.375 e. The normalized spacial score (nSPS) is 29.8. The second-order valence-electron chi connectivity index (χ2n) is 6.00. The van der Waals surface area contributed by atoms with E-state index in [1.54, 1.807) is 0 Å². The summed E-state index contributed by atoms with van der Waals surface area (Å²) in [6, 6.07) is 0.272. The molecule has 2 aliphatic heterocycles. The molecule has 0 aromatic heterocycles. The van der Waals surface area contributed by atoms with Crippen molar-refractivity contribution in [2.75, 3.05) is 19.7 Å². The van der Waals surface area contributed by atoms with Gasteiger partial charge in [-0.05, 0) is 40.2 Å². The molecule has 17 heavy (non-hydrogen) atoms. The molecular weight excluding hydrogens is 224 g/mol. The molecule has 2 heterocycles. The first kappa shape index (κ1) is 13.0. The predicted molar refractivity (Wildman–Crippen MR) is 63.0 cm³/mol. The topological polar surface area (TPSA) is 12.5 Å². The van der Waals surface area contributed by atoms with Crippen LogP contribution in [0.4, 0.5) is 8.78 Å². The Morgan fingerprint density at radius 2 is 2.12 bits per heavy atom. The zero-order valence-corrected chi connectivity index (χ0v) is 10.8. The quantitative estimate of drug-likeness (QED) is 0.741. The molecule has 0 bridgehead atoms. The van der Waals surface area contributed by atoms with Gasteiger partial charge in [-0.3, -0.25) is 4.90 Å². The smallest absolute Gasteiger partial charge is 0.271 e. The lowest BCUT2D eigenvalue weighted by Crippen LogP contribution is -2.31. The van der Waals surface area contributed by atoms with Crippen molar-refractivity contribution in [3.63, 3.8) is 0 Å². The molecule has 0 saturated carbocycles. The Morgan fingerprint density at radius 1 is 1.41 bits per heavy atom. The molecule has 2 nitrogen and oxygen atoms in total. The molecule has 98 valence electrons. The molecule has 2 aliphatic rings. The third kappa shape index (κ3) is 2.86. The minimum absolute atomic E-state index is 0.110. The van der Waals surface area contributed by atoms with Crippen molar-refractivity contribution in [2.45, 2.75) is 45.3 Å². The molecule has 2 fully saturated rings. The fourth-order valence-corrected chi connectivity index (χ4v) is 2.82. The van der Waals surface area contributed by atoms with Crippen molar-refractivity contribution < 1.29 is 13.5 Å². The fourth-order valence-electron chi connectivity index (χ4n) is 2.82. The highest BCUT2D eigenvalue weighted by Gasteiger charge is 2.42. The van der Waals surface area contributed by atoms with Crippen molar-refractivity contribution in [1.82, 2.24) is 4.90 Å². The third-order valence-electron chi connectivity index (χ3n) is 3.64. The highest BCUT2D eigenvalue weighted by molar-refractivity contribution is 5.20. The van der Waals surface area contributed by atoms with Crippen LogP contribution in [-0.4, -0.2) is 36.2 Å². The second-order valence-corrected chi connectivity index (χ2v) is 6.00. The van der Waals surface area contributed by atoms with Crippen LogP contribution >= 0.6 is 0 Å². The first-order valence-corrected chi connectivity index (χ1v) is 6.30. The van der Waals surface area contributed by atoms with E-state index in [-0.39, 0.29) is 17.6 Å². The highest BCUT2D eigenvalue weighted by atomic mass is 19.3. The minimum Gasteiger partial charge on any atom is -0.375 e. The molecule has 0 aliphatic carbocycles. The number of fused-ring (bicyclic) bond motifs is 1. The Labute approximate surface area is 102 Å². The summed E-state index contributed by atoms with van der Waals surface area (Å²) in [6.45, 7) is 7.69. The summed E-state index contributed by atoms with van der Waals surface area (Å²) in [6.07, 6.45) is 0.647. The standard InChI is InChI=1S/C13H21F2NO/c1-13(2,3)17-8-10-9(12(14)15)7-16-6-4-5-11(10)16/h10-11H,4-8H2,1-3H3. The Balaban J connectivity index is 2.08. The van der Waals surface area contributed by atoms with Crippen molar-refractivity contribution in [3.8, 4) is 0 Å². The van der Waals surface area contributed by atoms with Crippen LogP contribution in [-0.2, 0) is 4.74 Å². The number of rotatable bonds is 2. The van der Waals surface area contributed by atoms with E-state index in [1.165, 1.54) is 0 Å². The zero-order chi connectivity index (χ0) is 12.6. The summed E-state index contributed by atoms with van der Waals surface area (Å²) in [7, 11) is 0. The van der Waals surface area contributed by atoms with E-state index in [2.05, 4.69) is 4.90 Å². The van der Waals surface area contributed by atoms with E-state index in [0.717, 1.165) is 19.4 Å². The van der Waals surface area contributed by atoms with Gasteiger partial charge >= 0.3 is 0 Å². The number of ether oxygens (including phenoxy) is 1. The first-order valence-electron chi connectivity index (χ1n) is 6.30. The van der Waals surface area contributed by atoms with Gasteiger partial charge in [0.05, 0.1) is 12.2 Å². The van der Waals surface area contributed by atoms with Crippen LogP contribution in [0.5, 0.6) is 0 Å². The van der Waals surface area contributed by atoms with Gasteiger partial charge in [-0.25, -0.2) is 0 Å². The van der Waals surface area contributed by atoms with Crippen molar-refractivity contribution in [3.05, 3.63) is 11.7 Å². The van der Waals surface area contributed by atoms with E-state index in [0.29, 0.717) is 18.7 Å². The summed E-state index contributed by atoms with van der Waals surface area (Å²) in [4.78, 5) is 2.17. The van der Waals surface area contributed by atoms with E-state index in [4.69, 9.17) is 4.74 Å². The Kier molecular flexibility index (Phi) is 3.55. The van der Waals surface area contributed by atoms with E-state index in [1.807, 2.05) is 20.8 Å². The van der Waals surface area contributed by atoms with Crippen LogP contribution in [0, 0.1) is 5.92 Å². The molecule has 0 spiro atoms. The van der Waals surface area contributed by atoms with Crippen molar-refractivity contribution >= 4 is 0 Å². The summed E-state index contributed by atoms with van der Waals surface area (Å²) in [5.74, 6) is -0.110. The molecule has 2 atom stereocenters. The van der Waals surface area contributed by atoms with Gasteiger partial charge < -0.3 is 4.74 Å². The number of hydrogen-bond donors (Lipinski definition) is 0. The molecule has 0 amide bonds. The van der Waals surface area contributed by atoms with Crippen molar-refractivity contribution in [1.29, 1.82) is 0 Å². The fraction of sp³-hybridized carbons (Fsp3) is 0.846. The highest BCUT2D eigenvalue weighted by Crippen LogP contribution is 2.39. The predicted octanol–water partition coefficient (Wildman–Crippen LogP) is 3.05. The lowest BCUT2D eigenvalue weighted by molar-refractivity contribution is -0.0217. The maximum absolute atomic E-state index is 12.9. The van der Waals surface area contributed by atoms with Crippen LogP contribution in [0.1, 0.15) is 33.6 Å². The molecule has 2 rings (SSSR count). The average molecular weight is 245 g/mol. The maximum atomic E-state index is 12.9. The van der Waals surface area contributed by atoms with E-state index in [9.17, 15) is 8.78 Å². The van der Waals surface area contributed by atoms with Gasteiger partial charge in [0.1, 0.15) is 0 Å². The maximum Gasteiger partial charge on any atom is 0.271 e. The SMILES string of the molecule is CC(C)(C)OCC1C(=C(F)F)CN2CCCC12. The molecular formula is C13H21F2NO. The molecule has 4 heteroatoms. The van der Waals surface area contributed by atoms with Gasteiger partial charge in [-0.1, -0.05) is 0 Å². The van der Waals surface area contributed by atoms with Gasteiger partial charge in [0.15, 0.2) is 0 Å². The van der Waals surface area contributed by atoms with Crippen LogP contribution in [0.25, 0.3) is 0 Å². The molecule has 0 aromatic rings. The molecule has 0 radical (unpaired) electrons. The number of halogens is 2. The van der Waals surface area contributed by atoms with E-state index >= 15 is 0 Å². The summed E-state index contributed by atoms with van der Waals surface area (Å²) < 4.78 is 31.5. The lowest BCUT2D eigenvalue weighted by atomic mass is 9.95. The van der Waals surface area contributed by atoms with Crippen LogP contribution in [0.2, 0.25) is 0 Å². The van der Waals surface area contributed by atoms with Gasteiger partial charge in [-0.15, -0.1) is 0 Å². The molecule has 0 N–H and O–H groups in total. The summed E-state index contributed by atoms with van der Waals surface area (Å²) >= 11 is 0. The third-order valence-corrected chi connectivity index (χ3v) is 3.64.